The fraction of sp³-hybridized carbons (Fsp3) is 0.267. The van der Waals surface area contributed by atoms with Gasteiger partial charge < -0.3 is 4.74 Å². The van der Waals surface area contributed by atoms with Gasteiger partial charge in [0.25, 0.3) is 0 Å². The Morgan fingerprint density at radius 3 is 2.08 bits per heavy atom. The van der Waals surface area contributed by atoms with Gasteiger partial charge in [-0.2, -0.15) is 5.10 Å². The second-order valence-corrected chi connectivity index (χ2v) is 10.6. The number of hydrogen-bond acceptors (Lipinski definition) is 6. The van der Waals surface area contributed by atoms with Crippen LogP contribution in [0.2, 0.25) is 0 Å². The maximum absolute atomic E-state index is 14.5. The van der Waals surface area contributed by atoms with Crippen LogP contribution in [0.4, 0.5) is 0 Å². The molecule has 1 saturated heterocycles. The molecule has 3 aromatic rings. The minimum absolute atomic E-state index is 0.273. The third-order valence-corrected chi connectivity index (χ3v) is 7.38. The summed E-state index contributed by atoms with van der Waals surface area (Å²) in [6.45, 7) is 5.42. The second-order valence-electron chi connectivity index (χ2n) is 10.6. The van der Waals surface area contributed by atoms with Gasteiger partial charge in [0.15, 0.2) is 17.6 Å². The van der Waals surface area contributed by atoms with Crippen LogP contribution in [0, 0.1) is 5.41 Å². The summed E-state index contributed by atoms with van der Waals surface area (Å²) in [6.07, 6.45) is 1.70. The summed E-state index contributed by atoms with van der Waals surface area (Å²) in [4.78, 5) is 42.8. The Labute approximate surface area is 209 Å². The molecule has 1 spiro atoms. The molecule has 1 aliphatic carbocycles. The molecule has 0 radical (unpaired) electrons. The normalized spacial score (nSPS) is 23.4. The topological polar surface area (TPSA) is 76.0 Å². The van der Waals surface area contributed by atoms with Gasteiger partial charge in [0.1, 0.15) is 11.0 Å². The Morgan fingerprint density at radius 2 is 1.44 bits per heavy atom. The average molecular weight is 479 g/mol. The third-order valence-electron chi connectivity index (χ3n) is 7.38. The van der Waals surface area contributed by atoms with Gasteiger partial charge in [0, 0.05) is 17.0 Å². The van der Waals surface area contributed by atoms with Gasteiger partial charge in [0.2, 0.25) is 0 Å². The molecule has 36 heavy (non-hydrogen) atoms. The number of benzene rings is 3. The summed E-state index contributed by atoms with van der Waals surface area (Å²) < 4.78 is 5.88. The van der Waals surface area contributed by atoms with E-state index in [4.69, 9.17) is 9.84 Å². The molecule has 3 aromatic carbocycles. The summed E-state index contributed by atoms with van der Waals surface area (Å²) in [7, 11) is 0. The lowest BCUT2D eigenvalue weighted by atomic mass is 9.63. The van der Waals surface area contributed by atoms with E-state index in [1.54, 1.807) is 56.3 Å². The molecule has 180 valence electrons. The molecule has 0 unspecified atom stereocenters. The number of carbonyl (C=O) groups is 3. The van der Waals surface area contributed by atoms with Crippen LogP contribution < -0.4 is 0 Å². The zero-order valence-corrected chi connectivity index (χ0v) is 20.3. The zero-order valence-electron chi connectivity index (χ0n) is 20.3. The summed E-state index contributed by atoms with van der Waals surface area (Å²) in [5.41, 5.74) is 0.805. The molecule has 6 heteroatoms. The van der Waals surface area contributed by atoms with E-state index in [1.165, 1.54) is 0 Å². The van der Waals surface area contributed by atoms with Crippen LogP contribution in [0.25, 0.3) is 0 Å². The summed E-state index contributed by atoms with van der Waals surface area (Å²) in [5, 5.41) is 6.34. The number of carbonyl (C=O) groups excluding carboxylic acids is 3. The minimum atomic E-state index is -1.57. The number of ether oxygens (including phenoxy) is 1. The number of ketones is 2. The van der Waals surface area contributed by atoms with E-state index in [9.17, 15) is 14.4 Å². The zero-order chi connectivity index (χ0) is 25.2. The lowest BCUT2D eigenvalue weighted by Crippen LogP contribution is -2.44. The lowest BCUT2D eigenvalue weighted by Gasteiger charge is -2.36. The number of Topliss-reactive ketones (excluding diaryl/α,β-unsaturated/α-hetero) is 2. The van der Waals surface area contributed by atoms with Crippen LogP contribution in [0.15, 0.2) is 84.0 Å². The van der Waals surface area contributed by atoms with Crippen LogP contribution in [0.3, 0.4) is 0 Å². The fourth-order valence-electron chi connectivity index (χ4n) is 6.14. The molecular weight excluding hydrogens is 452 g/mol. The van der Waals surface area contributed by atoms with Gasteiger partial charge >= 0.3 is 5.97 Å². The van der Waals surface area contributed by atoms with Crippen LogP contribution in [-0.4, -0.2) is 40.4 Å². The lowest BCUT2D eigenvalue weighted by molar-refractivity contribution is -0.161. The molecule has 6 nitrogen and oxygen atoms in total. The van der Waals surface area contributed by atoms with Crippen LogP contribution in [0.1, 0.15) is 70.1 Å². The van der Waals surface area contributed by atoms with Crippen LogP contribution in [0.5, 0.6) is 0 Å². The summed E-state index contributed by atoms with van der Waals surface area (Å²) in [5.74, 6) is -1.85. The van der Waals surface area contributed by atoms with Crippen molar-refractivity contribution in [3.05, 3.63) is 107 Å². The minimum Gasteiger partial charge on any atom is -0.458 e. The highest BCUT2D eigenvalue weighted by atomic mass is 16.6. The van der Waals surface area contributed by atoms with E-state index < -0.39 is 35.0 Å². The van der Waals surface area contributed by atoms with Crippen molar-refractivity contribution in [2.45, 2.75) is 44.4 Å². The van der Waals surface area contributed by atoms with E-state index in [1.807, 2.05) is 54.6 Å². The Kier molecular flexibility index (Phi) is 4.80. The average Bonchev–Trinajstić information content (AvgIpc) is 3.30. The Morgan fingerprint density at radius 1 is 0.861 bits per heavy atom. The van der Waals surface area contributed by atoms with E-state index in [2.05, 4.69) is 0 Å². The van der Waals surface area contributed by atoms with Crippen molar-refractivity contribution in [1.29, 1.82) is 0 Å². The van der Waals surface area contributed by atoms with Gasteiger partial charge in [-0.25, -0.2) is 4.79 Å². The van der Waals surface area contributed by atoms with Gasteiger partial charge in [-0.1, -0.05) is 78.9 Å². The summed E-state index contributed by atoms with van der Waals surface area (Å²) >= 11 is 0. The van der Waals surface area contributed by atoms with Crippen molar-refractivity contribution in [2.24, 2.45) is 10.5 Å². The number of hydrogen-bond donors (Lipinski definition) is 0. The number of rotatable bonds is 2. The number of fused-ring (bicyclic) bond motifs is 5. The molecule has 6 rings (SSSR count). The van der Waals surface area contributed by atoms with Crippen molar-refractivity contribution in [1.82, 2.24) is 5.01 Å². The Hall–Kier alpha value is -4.06. The van der Waals surface area contributed by atoms with Crippen molar-refractivity contribution in [3.63, 3.8) is 0 Å². The van der Waals surface area contributed by atoms with Crippen molar-refractivity contribution in [3.8, 4) is 0 Å². The van der Waals surface area contributed by atoms with E-state index in [0.717, 1.165) is 16.7 Å². The van der Waals surface area contributed by atoms with E-state index in [-0.39, 0.29) is 11.6 Å². The highest BCUT2D eigenvalue weighted by Gasteiger charge is 2.73. The van der Waals surface area contributed by atoms with Gasteiger partial charge in [-0.3, -0.25) is 14.6 Å². The highest BCUT2D eigenvalue weighted by molar-refractivity contribution is 6.31. The first kappa shape index (κ1) is 22.4. The van der Waals surface area contributed by atoms with E-state index >= 15 is 0 Å². The Balaban J connectivity index is 1.67. The maximum Gasteiger partial charge on any atom is 0.331 e. The molecule has 2 aliphatic heterocycles. The number of nitrogens with zero attached hydrogens (tertiary/aromatic N) is 2. The second kappa shape index (κ2) is 7.72. The number of esters is 1. The molecule has 0 saturated carbocycles. The summed E-state index contributed by atoms with van der Waals surface area (Å²) in [6, 6.07) is 22.2. The first-order valence-electron chi connectivity index (χ1n) is 12.1. The molecule has 0 amide bonds. The van der Waals surface area contributed by atoms with Crippen molar-refractivity contribution >= 4 is 23.8 Å². The molecule has 2 heterocycles. The van der Waals surface area contributed by atoms with Gasteiger partial charge in [-0.15, -0.1) is 0 Å². The highest BCUT2D eigenvalue weighted by Crippen LogP contribution is 2.64. The van der Waals surface area contributed by atoms with Gasteiger partial charge in [0.05, 0.1) is 12.3 Å². The maximum atomic E-state index is 14.5. The molecule has 3 aliphatic rings. The molecule has 1 fully saturated rings. The monoisotopic (exact) mass is 478 g/mol. The first-order valence-corrected chi connectivity index (χ1v) is 12.1. The number of hydrazone groups is 1. The van der Waals surface area contributed by atoms with Gasteiger partial charge in [-0.05, 0) is 37.5 Å². The molecule has 0 aromatic heterocycles. The standard InChI is InChI=1S/C30H26N2O4/c1-29(2,3)36-28(35)24-23(18-11-5-4-6-12-18)30(26(33)21-15-9-10-16-22(21)27(30)34)25-20-14-8-7-13-19(20)17-31-32(24)25/h4-17,23-25H,1-3H3/t23-,24+,25-/m0/s1. The SMILES string of the molecule is CC(C)(C)OC(=O)[C@H]1[C@H](c2ccccc2)C2(C(=O)c3ccccc3C2=O)[C@@H]2c3ccccc3C=NN21. The fourth-order valence-corrected chi connectivity index (χ4v) is 6.14. The van der Waals surface area contributed by atoms with E-state index in [0.29, 0.717) is 11.1 Å². The molecule has 3 atom stereocenters. The molecule has 0 bridgehead atoms. The largest absolute Gasteiger partial charge is 0.458 e. The third kappa shape index (κ3) is 2.97. The van der Waals surface area contributed by atoms with Crippen LogP contribution >= 0.6 is 0 Å². The van der Waals surface area contributed by atoms with Crippen molar-refractivity contribution < 1.29 is 19.1 Å². The molecular formula is C30H26N2O4. The molecule has 0 N–H and O–H groups in total. The van der Waals surface area contributed by atoms with Crippen molar-refractivity contribution in [2.75, 3.05) is 0 Å². The van der Waals surface area contributed by atoms with Crippen LogP contribution in [-0.2, 0) is 9.53 Å². The predicted molar refractivity (Wildman–Crippen MR) is 135 cm³/mol. The first-order chi connectivity index (χ1) is 17.2. The smallest absolute Gasteiger partial charge is 0.331 e. The Bertz CT molecular complexity index is 1400. The predicted octanol–water partition coefficient (Wildman–Crippen LogP) is 4.95. The quantitative estimate of drug-likeness (QED) is 0.385.